The predicted octanol–water partition coefficient (Wildman–Crippen LogP) is 3.33. The Balaban J connectivity index is 1.22. The van der Waals surface area contributed by atoms with E-state index >= 15 is 0 Å². The Hall–Kier alpha value is -3.11. The maximum absolute atomic E-state index is 13.1. The molecular weight excluding hydrogens is 485 g/mol. The first kappa shape index (κ1) is 25.5. The van der Waals surface area contributed by atoms with Crippen molar-refractivity contribution in [1.82, 2.24) is 15.1 Å². The third-order valence-corrected chi connectivity index (χ3v) is 7.75. The molecule has 3 atom stereocenters. The molecule has 37 heavy (non-hydrogen) atoms. The molecule has 2 aromatic carbocycles. The summed E-state index contributed by atoms with van der Waals surface area (Å²) in [5.74, 6) is -0.257. The Morgan fingerprint density at radius 2 is 1.95 bits per heavy atom. The molecule has 2 saturated heterocycles. The van der Waals surface area contributed by atoms with E-state index in [0.717, 1.165) is 18.5 Å². The minimum atomic E-state index is -4.75. The maximum atomic E-state index is 13.1. The van der Waals surface area contributed by atoms with Crippen LogP contribution in [0.3, 0.4) is 0 Å². The molecule has 0 aromatic heterocycles. The van der Waals surface area contributed by atoms with E-state index in [1.54, 1.807) is 6.07 Å². The van der Waals surface area contributed by atoms with Gasteiger partial charge < -0.3 is 15.0 Å². The Morgan fingerprint density at radius 1 is 1.14 bits per heavy atom. The Morgan fingerprint density at radius 3 is 2.76 bits per heavy atom. The number of carbonyl (C=O) groups is 2. The lowest BCUT2D eigenvalue weighted by Crippen LogP contribution is -2.49. The topological polar surface area (TPSA) is 65.1 Å². The van der Waals surface area contributed by atoms with Crippen LogP contribution in [0.15, 0.2) is 48.5 Å². The zero-order valence-corrected chi connectivity index (χ0v) is 20.7. The summed E-state index contributed by atoms with van der Waals surface area (Å²) in [5.41, 5.74) is 2.83. The summed E-state index contributed by atoms with van der Waals surface area (Å²) < 4.78 is 41.9. The molecule has 3 heterocycles. The molecule has 0 spiro atoms. The van der Waals surface area contributed by atoms with Gasteiger partial charge in [0.1, 0.15) is 11.8 Å². The largest absolute Gasteiger partial charge is 0.573 e. The van der Waals surface area contributed by atoms with E-state index in [4.69, 9.17) is 0 Å². The molecule has 2 amide bonds. The average molecular weight is 517 g/mol. The third kappa shape index (κ3) is 5.60. The molecule has 5 rings (SSSR count). The monoisotopic (exact) mass is 516 g/mol. The fourth-order valence-electron chi connectivity index (χ4n) is 5.92. The van der Waals surface area contributed by atoms with Crippen molar-refractivity contribution >= 4 is 17.5 Å². The summed E-state index contributed by atoms with van der Waals surface area (Å²) in [5, 5.41) is 3.04. The van der Waals surface area contributed by atoms with Crippen molar-refractivity contribution < 1.29 is 27.5 Å². The van der Waals surface area contributed by atoms with Crippen molar-refractivity contribution in [2.75, 3.05) is 31.6 Å². The van der Waals surface area contributed by atoms with E-state index in [1.807, 2.05) is 35.0 Å². The summed E-state index contributed by atoms with van der Waals surface area (Å²) in [6, 6.07) is 13.4. The first-order valence-corrected chi connectivity index (χ1v) is 12.7. The lowest BCUT2D eigenvalue weighted by molar-refractivity contribution is -0.274. The molecule has 3 aliphatic rings. The Bertz CT molecular complexity index is 1160. The number of hydrogen-bond donors (Lipinski definition) is 1. The number of ether oxygens (including phenoxy) is 1. The molecule has 0 unspecified atom stereocenters. The van der Waals surface area contributed by atoms with Crippen LogP contribution in [-0.2, 0) is 22.6 Å². The third-order valence-electron chi connectivity index (χ3n) is 7.75. The van der Waals surface area contributed by atoms with Crippen LogP contribution in [0.2, 0.25) is 0 Å². The minimum Gasteiger partial charge on any atom is -0.406 e. The van der Waals surface area contributed by atoms with Crippen molar-refractivity contribution in [2.45, 2.75) is 56.7 Å². The smallest absolute Gasteiger partial charge is 0.406 e. The van der Waals surface area contributed by atoms with E-state index in [9.17, 15) is 22.8 Å². The van der Waals surface area contributed by atoms with Crippen molar-refractivity contribution in [1.29, 1.82) is 0 Å². The van der Waals surface area contributed by atoms with Gasteiger partial charge in [-0.15, -0.1) is 13.2 Å². The van der Waals surface area contributed by atoms with Crippen molar-refractivity contribution in [3.8, 4) is 5.75 Å². The summed E-state index contributed by atoms with van der Waals surface area (Å²) in [6.07, 6.45) is -2.10. The summed E-state index contributed by atoms with van der Waals surface area (Å²) in [6.45, 7) is 2.14. The molecular formula is C27H31F3N4O3. The Labute approximate surface area is 214 Å². The zero-order chi connectivity index (χ0) is 26.2. The van der Waals surface area contributed by atoms with Gasteiger partial charge in [-0.3, -0.25) is 19.4 Å². The Kier molecular flexibility index (Phi) is 7.13. The van der Waals surface area contributed by atoms with Gasteiger partial charge in [-0.1, -0.05) is 30.3 Å². The second-order valence-electron chi connectivity index (χ2n) is 9.99. The number of nitrogens with zero attached hydrogens (tertiary/aromatic N) is 3. The van der Waals surface area contributed by atoms with Gasteiger partial charge in [-0.2, -0.15) is 0 Å². The van der Waals surface area contributed by atoms with Gasteiger partial charge in [-0.25, -0.2) is 0 Å². The van der Waals surface area contributed by atoms with Gasteiger partial charge in [0.05, 0.1) is 0 Å². The normalized spacial score (nSPS) is 24.4. The van der Waals surface area contributed by atoms with Gasteiger partial charge in [-0.05, 0) is 55.6 Å². The fourth-order valence-corrected chi connectivity index (χ4v) is 5.92. The van der Waals surface area contributed by atoms with E-state index in [2.05, 4.69) is 21.0 Å². The number of fused-ring (bicyclic) bond motifs is 2. The van der Waals surface area contributed by atoms with E-state index in [-0.39, 0.29) is 29.6 Å². The molecule has 3 aliphatic heterocycles. The van der Waals surface area contributed by atoms with Crippen LogP contribution in [0.4, 0.5) is 18.9 Å². The lowest BCUT2D eigenvalue weighted by Gasteiger charge is -2.33. The summed E-state index contributed by atoms with van der Waals surface area (Å²) >= 11 is 0. The van der Waals surface area contributed by atoms with Crippen molar-refractivity contribution in [3.63, 3.8) is 0 Å². The van der Waals surface area contributed by atoms with Crippen LogP contribution in [0, 0.1) is 0 Å². The number of carbonyl (C=O) groups excluding carboxylic acids is 2. The molecule has 0 saturated carbocycles. The molecule has 10 heteroatoms. The van der Waals surface area contributed by atoms with Gasteiger partial charge in [0.15, 0.2) is 0 Å². The van der Waals surface area contributed by atoms with E-state index in [0.29, 0.717) is 44.6 Å². The molecule has 2 fully saturated rings. The van der Waals surface area contributed by atoms with Crippen molar-refractivity contribution in [2.24, 2.45) is 0 Å². The number of para-hydroxylation sites is 1. The van der Waals surface area contributed by atoms with Crippen LogP contribution in [-0.4, -0.2) is 72.8 Å². The van der Waals surface area contributed by atoms with Gasteiger partial charge in [0, 0.05) is 50.4 Å². The number of rotatable bonds is 6. The highest BCUT2D eigenvalue weighted by Crippen LogP contribution is 2.31. The number of anilines is 1. The van der Waals surface area contributed by atoms with Crippen LogP contribution in [0.25, 0.3) is 0 Å². The van der Waals surface area contributed by atoms with Crippen molar-refractivity contribution in [3.05, 3.63) is 59.7 Å². The number of nitrogens with one attached hydrogen (secondary N) is 1. The van der Waals surface area contributed by atoms with E-state index in [1.165, 1.54) is 23.8 Å². The number of alkyl halides is 3. The second kappa shape index (κ2) is 10.3. The van der Waals surface area contributed by atoms with Crippen LogP contribution < -0.4 is 15.0 Å². The van der Waals surface area contributed by atoms with Gasteiger partial charge in [0.25, 0.3) is 0 Å². The first-order valence-electron chi connectivity index (χ1n) is 12.7. The molecule has 198 valence electrons. The first-order chi connectivity index (χ1) is 17.7. The second-order valence-corrected chi connectivity index (χ2v) is 9.99. The highest BCUT2D eigenvalue weighted by molar-refractivity contribution is 5.95. The van der Waals surface area contributed by atoms with Gasteiger partial charge in [0.2, 0.25) is 11.8 Å². The van der Waals surface area contributed by atoms with Gasteiger partial charge >= 0.3 is 6.36 Å². The van der Waals surface area contributed by atoms with Crippen LogP contribution in [0.1, 0.15) is 30.4 Å². The number of likely N-dealkylation sites (N-methyl/N-ethyl adjacent to an activating group) is 1. The molecule has 2 aromatic rings. The standard InChI is InChI=1S/C27H31F3N4O3/c1-32-20(9-10-24(35)34-14-11-19-6-2-3-8-22(19)34)16-31-26(36)25-23(32)12-13-33(25)17-18-5-4-7-21(15-18)37-27(28,29)30/h2-8,15,20,23,25H,9-14,16-17H2,1H3,(H,31,36)/t20-,23-,25-/m0/s1. The fraction of sp³-hybridized carbons (Fsp3) is 0.481. The molecule has 7 nitrogen and oxygen atoms in total. The molecule has 0 bridgehead atoms. The SMILES string of the molecule is CN1[C@@H](CCC(=O)N2CCc3ccccc32)CNC(=O)[C@@H]2[C@@H]1CCN2Cc1cccc(OC(F)(F)F)c1. The zero-order valence-electron chi connectivity index (χ0n) is 20.7. The average Bonchev–Trinajstić information content (AvgIpc) is 3.44. The van der Waals surface area contributed by atoms with Crippen LogP contribution >= 0.6 is 0 Å². The number of likely N-dealkylation sites (tertiary alicyclic amines) is 1. The predicted molar refractivity (Wildman–Crippen MR) is 132 cm³/mol. The minimum absolute atomic E-state index is 0.0178. The molecule has 0 aliphatic carbocycles. The highest BCUT2D eigenvalue weighted by atomic mass is 19.4. The number of halogens is 3. The number of benzene rings is 2. The summed E-state index contributed by atoms with van der Waals surface area (Å²) in [7, 11) is 2.00. The summed E-state index contributed by atoms with van der Waals surface area (Å²) in [4.78, 5) is 32.2. The van der Waals surface area contributed by atoms with Crippen LogP contribution in [0.5, 0.6) is 5.75 Å². The maximum Gasteiger partial charge on any atom is 0.573 e. The molecule has 0 radical (unpaired) electrons. The quantitative estimate of drug-likeness (QED) is 0.638. The molecule has 1 N–H and O–H groups in total. The number of amides is 2. The van der Waals surface area contributed by atoms with E-state index < -0.39 is 12.4 Å². The lowest BCUT2D eigenvalue weighted by atomic mass is 10.0. The number of hydrogen-bond acceptors (Lipinski definition) is 5. The highest BCUT2D eigenvalue weighted by Gasteiger charge is 2.45.